The number of hydrogen-bond donors (Lipinski definition) is 1. The van der Waals surface area contributed by atoms with E-state index in [1.165, 1.54) is 4.90 Å². The summed E-state index contributed by atoms with van der Waals surface area (Å²) in [6, 6.07) is 7.17. The van der Waals surface area contributed by atoms with Crippen LogP contribution in [0.5, 0.6) is 0 Å². The Morgan fingerprint density at radius 3 is 2.21 bits per heavy atom. The smallest absolute Gasteiger partial charge is 0.328 e. The summed E-state index contributed by atoms with van der Waals surface area (Å²) in [5.74, 6) is 0. The molecule has 132 valence electrons. The van der Waals surface area contributed by atoms with Crippen LogP contribution in [0.15, 0.2) is 24.3 Å². The molecule has 8 heteroatoms. The molecule has 0 radical (unpaired) electrons. The number of carbonyl (C=O) groups excluding carboxylic acids is 1. The molecule has 4 nitrogen and oxygen atoms in total. The summed E-state index contributed by atoms with van der Waals surface area (Å²) in [4.78, 5) is 15.3. The summed E-state index contributed by atoms with van der Waals surface area (Å²) in [5.41, 5.74) is 0.654. The largest absolute Gasteiger partial charge is 0.401 e. The third kappa shape index (κ3) is 4.13. The normalized spacial score (nSPS) is 20.8. The SMILES string of the molecule is O=C(NC1(c2ccc(Cl)cc2)CC1)N1CCN(CC(F)(F)F)CC1. The topological polar surface area (TPSA) is 35.6 Å². The highest BCUT2D eigenvalue weighted by Gasteiger charge is 2.46. The number of alkyl halides is 3. The number of benzene rings is 1. The highest BCUT2D eigenvalue weighted by atomic mass is 35.5. The number of amides is 2. The van der Waals surface area contributed by atoms with Crippen LogP contribution in [0.1, 0.15) is 18.4 Å². The number of halogens is 4. The molecule has 0 atom stereocenters. The zero-order chi connectivity index (χ0) is 17.4. The van der Waals surface area contributed by atoms with Crippen molar-refractivity contribution >= 4 is 17.6 Å². The number of nitrogens with one attached hydrogen (secondary N) is 1. The van der Waals surface area contributed by atoms with Crippen molar-refractivity contribution in [2.75, 3.05) is 32.7 Å². The maximum atomic E-state index is 12.4. The van der Waals surface area contributed by atoms with E-state index in [0.717, 1.165) is 18.4 Å². The lowest BCUT2D eigenvalue weighted by molar-refractivity contribution is -0.148. The van der Waals surface area contributed by atoms with E-state index in [2.05, 4.69) is 5.32 Å². The first-order chi connectivity index (χ1) is 11.3. The average molecular weight is 362 g/mol. The van der Waals surface area contributed by atoms with Crippen LogP contribution in [0.25, 0.3) is 0 Å². The summed E-state index contributed by atoms with van der Waals surface area (Å²) in [7, 11) is 0. The second-order valence-electron chi connectivity index (χ2n) is 6.40. The van der Waals surface area contributed by atoms with Crippen molar-refractivity contribution in [2.45, 2.75) is 24.6 Å². The van der Waals surface area contributed by atoms with Gasteiger partial charge in [0.25, 0.3) is 0 Å². The van der Waals surface area contributed by atoms with Crippen molar-refractivity contribution in [3.8, 4) is 0 Å². The minimum Gasteiger partial charge on any atom is -0.328 e. The molecule has 1 N–H and O–H groups in total. The van der Waals surface area contributed by atoms with Gasteiger partial charge in [-0.25, -0.2) is 4.79 Å². The van der Waals surface area contributed by atoms with Crippen LogP contribution >= 0.6 is 11.6 Å². The molecule has 1 saturated heterocycles. The van der Waals surface area contributed by atoms with Gasteiger partial charge in [-0.05, 0) is 30.5 Å². The van der Waals surface area contributed by atoms with Gasteiger partial charge in [0.1, 0.15) is 0 Å². The monoisotopic (exact) mass is 361 g/mol. The van der Waals surface area contributed by atoms with Gasteiger partial charge in [0.05, 0.1) is 12.1 Å². The van der Waals surface area contributed by atoms with E-state index in [0.29, 0.717) is 18.1 Å². The van der Waals surface area contributed by atoms with Gasteiger partial charge in [-0.3, -0.25) is 4.90 Å². The van der Waals surface area contributed by atoms with Crippen LogP contribution in [-0.2, 0) is 5.54 Å². The van der Waals surface area contributed by atoms with Crippen LogP contribution in [0, 0.1) is 0 Å². The molecular formula is C16H19ClF3N3O. The number of piperazine rings is 1. The number of urea groups is 1. The Kier molecular flexibility index (Phi) is 4.66. The van der Waals surface area contributed by atoms with E-state index in [4.69, 9.17) is 11.6 Å². The van der Waals surface area contributed by atoms with Crippen LogP contribution in [-0.4, -0.2) is 54.7 Å². The highest BCUT2D eigenvalue weighted by Crippen LogP contribution is 2.45. The van der Waals surface area contributed by atoms with E-state index < -0.39 is 12.7 Å². The third-order valence-corrected chi connectivity index (χ3v) is 4.81. The number of rotatable bonds is 3. The van der Waals surface area contributed by atoms with E-state index in [1.54, 1.807) is 17.0 Å². The molecule has 1 aromatic carbocycles. The predicted molar refractivity (Wildman–Crippen MR) is 85.0 cm³/mol. The molecule has 1 heterocycles. The highest BCUT2D eigenvalue weighted by molar-refractivity contribution is 6.30. The average Bonchev–Trinajstić information content (AvgIpc) is 3.27. The van der Waals surface area contributed by atoms with E-state index in [1.807, 2.05) is 12.1 Å². The molecule has 1 aromatic rings. The van der Waals surface area contributed by atoms with Crippen molar-refractivity contribution in [1.82, 2.24) is 15.1 Å². The molecule has 24 heavy (non-hydrogen) atoms. The molecule has 2 fully saturated rings. The van der Waals surface area contributed by atoms with Gasteiger partial charge in [0.15, 0.2) is 0 Å². The van der Waals surface area contributed by atoms with Crippen LogP contribution in [0.4, 0.5) is 18.0 Å². The molecular weight excluding hydrogens is 343 g/mol. The van der Waals surface area contributed by atoms with Gasteiger partial charge in [-0.2, -0.15) is 13.2 Å². The lowest BCUT2D eigenvalue weighted by Crippen LogP contribution is -2.54. The van der Waals surface area contributed by atoms with Crippen LogP contribution in [0.2, 0.25) is 5.02 Å². The zero-order valence-electron chi connectivity index (χ0n) is 13.1. The number of nitrogens with zero attached hydrogens (tertiary/aromatic N) is 2. The van der Waals surface area contributed by atoms with Crippen molar-refractivity contribution < 1.29 is 18.0 Å². The molecule has 1 aliphatic heterocycles. The second-order valence-corrected chi connectivity index (χ2v) is 6.83. The summed E-state index contributed by atoms with van der Waals surface area (Å²) < 4.78 is 37.2. The van der Waals surface area contributed by atoms with Gasteiger partial charge in [-0.1, -0.05) is 23.7 Å². The van der Waals surface area contributed by atoms with Gasteiger partial charge in [0, 0.05) is 31.2 Å². The van der Waals surface area contributed by atoms with E-state index in [9.17, 15) is 18.0 Å². The minimum absolute atomic E-state index is 0.214. The summed E-state index contributed by atoms with van der Waals surface area (Å²) in [6.07, 6.45) is -2.49. The van der Waals surface area contributed by atoms with E-state index >= 15 is 0 Å². The van der Waals surface area contributed by atoms with Gasteiger partial charge in [0.2, 0.25) is 0 Å². The molecule has 0 spiro atoms. The minimum atomic E-state index is -4.20. The Morgan fingerprint density at radius 2 is 1.71 bits per heavy atom. The third-order valence-electron chi connectivity index (χ3n) is 4.56. The van der Waals surface area contributed by atoms with Crippen LogP contribution in [0.3, 0.4) is 0 Å². The summed E-state index contributed by atoms with van der Waals surface area (Å²) in [6.45, 7) is 0.163. The Bertz CT molecular complexity index is 594. The van der Waals surface area contributed by atoms with Crippen LogP contribution < -0.4 is 5.32 Å². The first kappa shape index (κ1) is 17.4. The summed E-state index contributed by atoms with van der Waals surface area (Å²) in [5, 5.41) is 3.68. The Hall–Kier alpha value is -1.47. The van der Waals surface area contributed by atoms with Gasteiger partial charge in [-0.15, -0.1) is 0 Å². The van der Waals surface area contributed by atoms with E-state index in [-0.39, 0.29) is 24.7 Å². The van der Waals surface area contributed by atoms with Crippen molar-refractivity contribution in [1.29, 1.82) is 0 Å². The van der Waals surface area contributed by atoms with Crippen molar-refractivity contribution in [3.05, 3.63) is 34.9 Å². The first-order valence-electron chi connectivity index (χ1n) is 7.90. The number of hydrogen-bond acceptors (Lipinski definition) is 2. The maximum Gasteiger partial charge on any atom is 0.401 e. The molecule has 0 aromatic heterocycles. The molecule has 0 unspecified atom stereocenters. The first-order valence-corrected chi connectivity index (χ1v) is 8.27. The molecule has 1 saturated carbocycles. The quantitative estimate of drug-likeness (QED) is 0.897. The van der Waals surface area contributed by atoms with Crippen molar-refractivity contribution in [2.24, 2.45) is 0 Å². The molecule has 3 rings (SSSR count). The zero-order valence-corrected chi connectivity index (χ0v) is 13.8. The molecule has 2 aliphatic rings. The summed E-state index contributed by atoms with van der Waals surface area (Å²) >= 11 is 5.89. The Morgan fingerprint density at radius 1 is 1.12 bits per heavy atom. The molecule has 2 amide bonds. The lowest BCUT2D eigenvalue weighted by Gasteiger charge is -2.35. The standard InChI is InChI=1S/C16H19ClF3N3O/c17-13-3-1-12(2-4-13)15(5-6-15)21-14(24)23-9-7-22(8-10-23)11-16(18,19)20/h1-4H,5-11H2,(H,21,24). The molecule has 1 aliphatic carbocycles. The Labute approximate surface area is 143 Å². The van der Waals surface area contributed by atoms with Gasteiger partial charge >= 0.3 is 12.2 Å². The maximum absolute atomic E-state index is 12.4. The Balaban J connectivity index is 1.54. The fourth-order valence-electron chi connectivity index (χ4n) is 3.03. The van der Waals surface area contributed by atoms with Gasteiger partial charge < -0.3 is 10.2 Å². The fraction of sp³-hybridized carbons (Fsp3) is 0.562. The number of carbonyl (C=O) groups is 1. The van der Waals surface area contributed by atoms with Crippen molar-refractivity contribution in [3.63, 3.8) is 0 Å². The fourth-order valence-corrected chi connectivity index (χ4v) is 3.15. The lowest BCUT2D eigenvalue weighted by atomic mass is 10.1. The molecule has 0 bridgehead atoms. The second kappa shape index (κ2) is 6.44. The predicted octanol–water partition coefficient (Wildman–Crippen LogP) is 3.22.